The third-order valence-electron chi connectivity index (χ3n) is 2.03. The molecule has 0 aromatic carbocycles. The van der Waals surface area contributed by atoms with E-state index in [4.69, 9.17) is 5.11 Å². The lowest BCUT2D eigenvalue weighted by molar-refractivity contribution is 0.197. The number of nitrogens with zero attached hydrogens (tertiary/aromatic N) is 3. The molecule has 4 nitrogen and oxygen atoms in total. The smallest absolute Gasteiger partial charge is 0.0558 e. The molecular weight excluding hydrogens is 166 g/mol. The minimum absolute atomic E-state index is 0.216. The predicted molar refractivity (Wildman–Crippen MR) is 51.2 cm³/mol. The van der Waals surface area contributed by atoms with Crippen molar-refractivity contribution in [2.45, 2.75) is 13.5 Å². The second-order valence-electron chi connectivity index (χ2n) is 3.11. The third-order valence-corrected chi connectivity index (χ3v) is 2.03. The molecule has 0 atom stereocenters. The van der Waals surface area contributed by atoms with Gasteiger partial charge in [0.25, 0.3) is 0 Å². The molecule has 0 saturated heterocycles. The largest absolute Gasteiger partial charge is 0.395 e. The molecule has 0 fully saturated rings. The molecule has 4 heteroatoms. The Hall–Kier alpha value is -0.870. The summed E-state index contributed by atoms with van der Waals surface area (Å²) in [6.45, 7) is 4.85. The number of hydrogen-bond acceptors (Lipinski definition) is 3. The first kappa shape index (κ1) is 10.2. The second kappa shape index (κ2) is 4.99. The Morgan fingerprint density at radius 3 is 2.85 bits per heavy atom. The lowest BCUT2D eigenvalue weighted by Crippen LogP contribution is -2.25. The summed E-state index contributed by atoms with van der Waals surface area (Å²) in [4.78, 5) is 2.18. The number of hydrogen-bond donors (Lipinski definition) is 1. The molecule has 74 valence electrons. The maximum atomic E-state index is 8.79. The average Bonchev–Trinajstić information content (AvgIpc) is 2.50. The molecule has 1 aromatic rings. The number of rotatable bonds is 5. The fourth-order valence-electron chi connectivity index (χ4n) is 1.30. The summed E-state index contributed by atoms with van der Waals surface area (Å²) >= 11 is 0. The van der Waals surface area contributed by atoms with E-state index in [0.717, 1.165) is 19.6 Å². The fourth-order valence-corrected chi connectivity index (χ4v) is 1.30. The highest BCUT2D eigenvalue weighted by atomic mass is 16.3. The summed E-state index contributed by atoms with van der Waals surface area (Å²) in [7, 11) is 1.91. The van der Waals surface area contributed by atoms with Crippen molar-refractivity contribution >= 4 is 0 Å². The number of aryl methyl sites for hydroxylation is 1. The van der Waals surface area contributed by atoms with Crippen molar-refractivity contribution in [3.8, 4) is 0 Å². The molecule has 1 rings (SSSR count). The molecule has 0 aliphatic heterocycles. The molecule has 1 aromatic heterocycles. The van der Waals surface area contributed by atoms with E-state index in [1.165, 1.54) is 5.56 Å². The summed E-state index contributed by atoms with van der Waals surface area (Å²) in [5.74, 6) is 0. The van der Waals surface area contributed by atoms with Crippen LogP contribution in [0.3, 0.4) is 0 Å². The topological polar surface area (TPSA) is 41.3 Å². The molecule has 0 aliphatic carbocycles. The summed E-state index contributed by atoms with van der Waals surface area (Å²) in [6.07, 6.45) is 3.86. The van der Waals surface area contributed by atoms with Crippen molar-refractivity contribution in [3.63, 3.8) is 0 Å². The second-order valence-corrected chi connectivity index (χ2v) is 3.11. The molecule has 0 amide bonds. The Bertz CT molecular complexity index is 247. The van der Waals surface area contributed by atoms with Crippen LogP contribution in [0.1, 0.15) is 12.5 Å². The first-order valence-electron chi connectivity index (χ1n) is 4.57. The van der Waals surface area contributed by atoms with Gasteiger partial charge in [0, 0.05) is 31.9 Å². The molecule has 0 saturated carbocycles. The quantitative estimate of drug-likeness (QED) is 0.710. The van der Waals surface area contributed by atoms with Gasteiger partial charge >= 0.3 is 0 Å². The van der Waals surface area contributed by atoms with Crippen LogP contribution in [0.5, 0.6) is 0 Å². The van der Waals surface area contributed by atoms with Crippen LogP contribution < -0.4 is 0 Å². The lowest BCUT2D eigenvalue weighted by Gasteiger charge is -2.17. The van der Waals surface area contributed by atoms with E-state index < -0.39 is 0 Å². The maximum absolute atomic E-state index is 8.79. The molecule has 13 heavy (non-hydrogen) atoms. The summed E-state index contributed by atoms with van der Waals surface area (Å²) in [6, 6.07) is 0. The zero-order valence-electron chi connectivity index (χ0n) is 8.27. The van der Waals surface area contributed by atoms with Gasteiger partial charge in [-0.25, -0.2) is 0 Å². The Morgan fingerprint density at radius 1 is 1.62 bits per heavy atom. The van der Waals surface area contributed by atoms with Crippen LogP contribution in [0, 0.1) is 0 Å². The molecule has 0 aliphatic rings. The minimum atomic E-state index is 0.216. The Kier molecular flexibility index (Phi) is 3.92. The van der Waals surface area contributed by atoms with E-state index in [-0.39, 0.29) is 6.61 Å². The minimum Gasteiger partial charge on any atom is -0.395 e. The fraction of sp³-hybridized carbons (Fsp3) is 0.667. The van der Waals surface area contributed by atoms with Gasteiger partial charge in [-0.1, -0.05) is 6.92 Å². The first-order valence-corrected chi connectivity index (χ1v) is 4.57. The molecule has 0 bridgehead atoms. The molecule has 1 N–H and O–H groups in total. The van der Waals surface area contributed by atoms with Crippen molar-refractivity contribution in [1.29, 1.82) is 0 Å². The first-order chi connectivity index (χ1) is 6.26. The van der Waals surface area contributed by atoms with E-state index in [1.54, 1.807) is 4.68 Å². The molecule has 0 radical (unpaired) electrons. The number of likely N-dealkylation sites (N-methyl/N-ethyl adjacent to an activating group) is 1. The van der Waals surface area contributed by atoms with Crippen LogP contribution in [-0.4, -0.2) is 39.5 Å². The van der Waals surface area contributed by atoms with Crippen molar-refractivity contribution < 1.29 is 5.11 Å². The number of aromatic nitrogens is 2. The molecule has 1 heterocycles. The highest BCUT2D eigenvalue weighted by Crippen LogP contribution is 2.01. The van der Waals surface area contributed by atoms with E-state index in [1.807, 2.05) is 19.4 Å². The van der Waals surface area contributed by atoms with E-state index in [9.17, 15) is 0 Å². The van der Waals surface area contributed by atoms with Crippen molar-refractivity contribution in [1.82, 2.24) is 14.7 Å². The molecule has 0 spiro atoms. The van der Waals surface area contributed by atoms with Crippen LogP contribution in [0.25, 0.3) is 0 Å². The summed E-state index contributed by atoms with van der Waals surface area (Å²) < 4.78 is 1.79. The van der Waals surface area contributed by atoms with Gasteiger partial charge < -0.3 is 5.11 Å². The van der Waals surface area contributed by atoms with Crippen LogP contribution in [0.2, 0.25) is 0 Å². The van der Waals surface area contributed by atoms with Crippen LogP contribution in [0.4, 0.5) is 0 Å². The number of aliphatic hydroxyl groups is 1. The Labute approximate surface area is 78.8 Å². The average molecular weight is 183 g/mol. The highest BCUT2D eigenvalue weighted by molar-refractivity contribution is 5.03. The van der Waals surface area contributed by atoms with Crippen molar-refractivity contribution in [2.75, 3.05) is 19.7 Å². The summed E-state index contributed by atoms with van der Waals surface area (Å²) in [5, 5.41) is 12.9. The SMILES string of the molecule is CCN(CCO)Cc1cnn(C)c1. The van der Waals surface area contributed by atoms with Gasteiger partial charge in [-0.2, -0.15) is 5.10 Å². The maximum Gasteiger partial charge on any atom is 0.0558 e. The molecule has 0 unspecified atom stereocenters. The highest BCUT2D eigenvalue weighted by Gasteiger charge is 2.03. The van der Waals surface area contributed by atoms with Gasteiger partial charge in [0.05, 0.1) is 12.8 Å². The van der Waals surface area contributed by atoms with E-state index in [2.05, 4.69) is 16.9 Å². The van der Waals surface area contributed by atoms with Gasteiger partial charge in [0.2, 0.25) is 0 Å². The monoisotopic (exact) mass is 183 g/mol. The zero-order chi connectivity index (χ0) is 9.68. The third kappa shape index (κ3) is 3.16. The Morgan fingerprint density at radius 2 is 2.38 bits per heavy atom. The van der Waals surface area contributed by atoms with E-state index >= 15 is 0 Å². The van der Waals surface area contributed by atoms with Crippen LogP contribution in [0.15, 0.2) is 12.4 Å². The standard InChI is InChI=1S/C9H17N3O/c1-3-12(4-5-13)8-9-6-10-11(2)7-9/h6-7,13H,3-5,8H2,1-2H3. The zero-order valence-corrected chi connectivity index (χ0v) is 8.27. The number of aliphatic hydroxyl groups excluding tert-OH is 1. The van der Waals surface area contributed by atoms with Gasteiger partial charge in [-0.15, -0.1) is 0 Å². The lowest BCUT2D eigenvalue weighted by atomic mass is 10.3. The van der Waals surface area contributed by atoms with Crippen LogP contribution >= 0.6 is 0 Å². The van der Waals surface area contributed by atoms with Gasteiger partial charge in [0.1, 0.15) is 0 Å². The van der Waals surface area contributed by atoms with Gasteiger partial charge in [0.15, 0.2) is 0 Å². The van der Waals surface area contributed by atoms with Crippen molar-refractivity contribution in [3.05, 3.63) is 18.0 Å². The van der Waals surface area contributed by atoms with Crippen LogP contribution in [-0.2, 0) is 13.6 Å². The summed E-state index contributed by atoms with van der Waals surface area (Å²) in [5.41, 5.74) is 1.19. The normalized spacial score (nSPS) is 11.1. The van der Waals surface area contributed by atoms with Gasteiger partial charge in [-0.3, -0.25) is 9.58 Å². The Balaban J connectivity index is 2.46. The molecular formula is C9H17N3O. The van der Waals surface area contributed by atoms with Crippen molar-refractivity contribution in [2.24, 2.45) is 7.05 Å². The van der Waals surface area contributed by atoms with Gasteiger partial charge in [-0.05, 0) is 6.54 Å². The van der Waals surface area contributed by atoms with E-state index in [0.29, 0.717) is 0 Å². The predicted octanol–water partition coefficient (Wildman–Crippen LogP) is 0.234.